The number of ether oxygens (including phenoxy) is 1. The zero-order valence-electron chi connectivity index (χ0n) is 17.0. The van der Waals surface area contributed by atoms with E-state index in [4.69, 9.17) is 4.74 Å². The van der Waals surface area contributed by atoms with Crippen LogP contribution >= 0.6 is 11.3 Å². The lowest BCUT2D eigenvalue weighted by atomic mass is 10.3. The first-order chi connectivity index (χ1) is 15.4. The van der Waals surface area contributed by atoms with Gasteiger partial charge >= 0.3 is 0 Å². The number of thiophene rings is 1. The predicted octanol–water partition coefficient (Wildman–Crippen LogP) is 3.17. The van der Waals surface area contributed by atoms with Crippen LogP contribution in [0, 0.1) is 0 Å². The molecule has 0 bridgehead atoms. The summed E-state index contributed by atoms with van der Waals surface area (Å²) in [5, 5.41) is 4.43. The summed E-state index contributed by atoms with van der Waals surface area (Å²) in [6.07, 6.45) is 6.61. The van der Waals surface area contributed by atoms with Gasteiger partial charge < -0.3 is 10.1 Å². The fraction of sp³-hybridized carbons (Fsp3) is 0.0952. The SMILES string of the molecule is CN(c1ccc(OCC(=O)Nc2ccc(-n3ccnc3)nc2)cc1)S(=O)(=O)c1cccs1. The number of rotatable bonds is 8. The predicted molar refractivity (Wildman–Crippen MR) is 122 cm³/mol. The van der Waals surface area contributed by atoms with Gasteiger partial charge in [-0.25, -0.2) is 18.4 Å². The fourth-order valence-corrected chi connectivity index (χ4v) is 5.15. The number of pyridine rings is 1. The quantitative estimate of drug-likeness (QED) is 0.425. The molecule has 0 aliphatic heterocycles. The van der Waals surface area contributed by atoms with Crippen LogP contribution in [0.2, 0.25) is 0 Å². The van der Waals surface area contributed by atoms with Crippen LogP contribution in [0.15, 0.2) is 83.0 Å². The van der Waals surface area contributed by atoms with Gasteiger partial charge in [0.1, 0.15) is 22.1 Å². The maximum Gasteiger partial charge on any atom is 0.273 e. The first-order valence-electron chi connectivity index (χ1n) is 9.43. The van der Waals surface area contributed by atoms with E-state index in [1.807, 2.05) is 0 Å². The highest BCUT2D eigenvalue weighted by Crippen LogP contribution is 2.26. The van der Waals surface area contributed by atoms with Crippen LogP contribution in [0.3, 0.4) is 0 Å². The van der Waals surface area contributed by atoms with Gasteiger partial charge in [-0.2, -0.15) is 0 Å². The maximum atomic E-state index is 12.6. The molecule has 4 rings (SSSR count). The highest BCUT2D eigenvalue weighted by Gasteiger charge is 2.22. The Balaban J connectivity index is 1.31. The minimum Gasteiger partial charge on any atom is -0.484 e. The third-order valence-electron chi connectivity index (χ3n) is 4.48. The summed E-state index contributed by atoms with van der Waals surface area (Å²) in [7, 11) is -2.11. The summed E-state index contributed by atoms with van der Waals surface area (Å²) >= 11 is 1.16. The Hall–Kier alpha value is -3.70. The van der Waals surface area contributed by atoms with E-state index < -0.39 is 10.0 Å². The van der Waals surface area contributed by atoms with Crippen LogP contribution in [0.5, 0.6) is 5.75 Å². The summed E-state index contributed by atoms with van der Waals surface area (Å²) in [6, 6.07) is 13.2. The molecule has 3 heterocycles. The van der Waals surface area contributed by atoms with Crippen LogP contribution in [0.4, 0.5) is 11.4 Å². The van der Waals surface area contributed by atoms with Crippen molar-refractivity contribution in [2.45, 2.75) is 4.21 Å². The summed E-state index contributed by atoms with van der Waals surface area (Å²) in [5.74, 6) is 0.783. The molecule has 0 saturated carbocycles. The van der Waals surface area contributed by atoms with E-state index in [0.29, 0.717) is 22.9 Å². The molecule has 1 aromatic carbocycles. The number of nitrogens with zero attached hydrogens (tertiary/aromatic N) is 4. The Labute approximate surface area is 189 Å². The summed E-state index contributed by atoms with van der Waals surface area (Å²) in [5.41, 5.74) is 1.03. The molecule has 0 aliphatic carbocycles. The monoisotopic (exact) mass is 469 g/mol. The number of hydrogen-bond donors (Lipinski definition) is 1. The van der Waals surface area contributed by atoms with Crippen molar-refractivity contribution in [3.8, 4) is 11.6 Å². The molecular formula is C21H19N5O4S2. The minimum atomic E-state index is -3.60. The lowest BCUT2D eigenvalue weighted by Gasteiger charge is -2.18. The third-order valence-corrected chi connectivity index (χ3v) is 7.64. The van der Waals surface area contributed by atoms with Crippen molar-refractivity contribution in [3.63, 3.8) is 0 Å². The summed E-state index contributed by atoms with van der Waals surface area (Å²) in [6.45, 7) is -0.202. The average molecular weight is 470 g/mol. The molecule has 0 spiro atoms. The molecule has 164 valence electrons. The van der Waals surface area contributed by atoms with Crippen molar-refractivity contribution in [1.29, 1.82) is 0 Å². The fourth-order valence-electron chi connectivity index (χ4n) is 2.79. The standard InChI is InChI=1S/C21H19N5O4S2/c1-25(32(28,29)21-3-2-12-31-21)17-5-7-18(8-6-17)30-14-20(27)24-16-4-9-19(23-13-16)26-11-10-22-15-26/h2-13,15H,14H2,1H3,(H,24,27). The number of sulfonamides is 1. The molecule has 1 amide bonds. The van der Waals surface area contributed by atoms with Crippen LogP contribution in [-0.2, 0) is 14.8 Å². The molecule has 0 fully saturated rings. The van der Waals surface area contributed by atoms with Crippen molar-refractivity contribution in [1.82, 2.24) is 14.5 Å². The van der Waals surface area contributed by atoms with Crippen molar-refractivity contribution < 1.29 is 17.9 Å². The number of amides is 1. The average Bonchev–Trinajstić information content (AvgIpc) is 3.53. The molecule has 32 heavy (non-hydrogen) atoms. The van der Waals surface area contributed by atoms with E-state index in [-0.39, 0.29) is 16.7 Å². The van der Waals surface area contributed by atoms with Crippen LogP contribution in [0.25, 0.3) is 5.82 Å². The second-order valence-corrected chi connectivity index (χ2v) is 9.75. The van der Waals surface area contributed by atoms with E-state index in [2.05, 4.69) is 15.3 Å². The lowest BCUT2D eigenvalue weighted by Crippen LogP contribution is -2.25. The van der Waals surface area contributed by atoms with E-state index in [1.165, 1.54) is 11.4 Å². The molecule has 4 aromatic rings. The Morgan fingerprint density at radius 2 is 2.00 bits per heavy atom. The van der Waals surface area contributed by atoms with Crippen molar-refractivity contribution in [2.75, 3.05) is 23.3 Å². The maximum absolute atomic E-state index is 12.6. The smallest absolute Gasteiger partial charge is 0.273 e. The van der Waals surface area contributed by atoms with Gasteiger partial charge in [0.05, 0.1) is 17.6 Å². The normalized spacial score (nSPS) is 11.2. The number of carbonyl (C=O) groups excluding carboxylic acids is 1. The summed E-state index contributed by atoms with van der Waals surface area (Å²) < 4.78 is 33.9. The molecule has 11 heteroatoms. The van der Waals surface area contributed by atoms with Gasteiger partial charge in [0.25, 0.3) is 15.9 Å². The number of benzene rings is 1. The number of aromatic nitrogens is 3. The minimum absolute atomic E-state index is 0.202. The molecule has 3 aromatic heterocycles. The van der Waals surface area contributed by atoms with Crippen molar-refractivity contribution >= 4 is 38.6 Å². The number of carbonyl (C=O) groups is 1. The topological polar surface area (TPSA) is 106 Å². The van der Waals surface area contributed by atoms with Crippen LogP contribution < -0.4 is 14.4 Å². The van der Waals surface area contributed by atoms with Crippen LogP contribution in [0.1, 0.15) is 0 Å². The lowest BCUT2D eigenvalue weighted by molar-refractivity contribution is -0.118. The summed E-state index contributed by atoms with van der Waals surface area (Å²) in [4.78, 5) is 20.4. The molecule has 9 nitrogen and oxygen atoms in total. The molecule has 0 radical (unpaired) electrons. The van der Waals surface area contributed by atoms with Crippen LogP contribution in [-0.4, -0.2) is 42.5 Å². The van der Waals surface area contributed by atoms with E-state index in [9.17, 15) is 13.2 Å². The van der Waals surface area contributed by atoms with Gasteiger partial charge in [-0.15, -0.1) is 11.3 Å². The van der Waals surface area contributed by atoms with Gasteiger partial charge in [-0.1, -0.05) is 6.07 Å². The Morgan fingerprint density at radius 1 is 1.19 bits per heavy atom. The van der Waals surface area contributed by atoms with E-state index >= 15 is 0 Å². The van der Waals surface area contributed by atoms with Gasteiger partial charge in [0.2, 0.25) is 0 Å². The third kappa shape index (κ3) is 4.79. The molecule has 0 atom stereocenters. The van der Waals surface area contributed by atoms with Gasteiger partial charge in [0.15, 0.2) is 6.61 Å². The molecule has 0 saturated heterocycles. The van der Waals surface area contributed by atoms with Gasteiger partial charge in [-0.3, -0.25) is 13.7 Å². The molecule has 0 aliphatic rings. The number of imidazole rings is 1. The molecular weight excluding hydrogens is 450 g/mol. The van der Waals surface area contributed by atoms with E-state index in [0.717, 1.165) is 11.3 Å². The zero-order valence-corrected chi connectivity index (χ0v) is 18.6. The first-order valence-corrected chi connectivity index (χ1v) is 11.7. The van der Waals surface area contributed by atoms with Gasteiger partial charge in [-0.05, 0) is 47.8 Å². The zero-order chi connectivity index (χ0) is 22.6. The molecule has 1 N–H and O–H groups in total. The van der Waals surface area contributed by atoms with Crippen molar-refractivity contribution in [2.24, 2.45) is 0 Å². The largest absolute Gasteiger partial charge is 0.484 e. The number of nitrogens with one attached hydrogen (secondary N) is 1. The van der Waals surface area contributed by atoms with Crippen molar-refractivity contribution in [3.05, 3.63) is 78.8 Å². The number of hydrogen-bond acceptors (Lipinski definition) is 7. The highest BCUT2D eigenvalue weighted by atomic mass is 32.2. The van der Waals surface area contributed by atoms with E-state index in [1.54, 1.807) is 83.4 Å². The molecule has 0 unspecified atom stereocenters. The first kappa shape index (κ1) is 21.5. The Morgan fingerprint density at radius 3 is 2.62 bits per heavy atom. The number of anilines is 2. The second kappa shape index (κ2) is 9.20. The highest BCUT2D eigenvalue weighted by molar-refractivity contribution is 7.94. The van der Waals surface area contributed by atoms with Gasteiger partial charge in [0, 0.05) is 19.4 Å². The Kier molecular flexibility index (Phi) is 6.19. The second-order valence-electron chi connectivity index (χ2n) is 6.61. The Bertz CT molecular complexity index is 1270.